The van der Waals surface area contributed by atoms with Crippen molar-refractivity contribution < 1.29 is 0 Å². The molecular weight excluding hydrogens is 312 g/mol. The van der Waals surface area contributed by atoms with Gasteiger partial charge in [-0.2, -0.15) is 0 Å². The summed E-state index contributed by atoms with van der Waals surface area (Å²) in [7, 11) is 0. The Morgan fingerprint density at radius 1 is 1.08 bits per heavy atom. The minimum atomic E-state index is -0.121. The molecule has 0 atom stereocenters. The molecule has 0 radical (unpaired) electrons. The van der Waals surface area contributed by atoms with E-state index in [2.05, 4.69) is 32.6 Å². The van der Waals surface area contributed by atoms with Crippen molar-refractivity contribution in [2.45, 2.75) is 13.8 Å². The first-order valence-corrected chi connectivity index (χ1v) is 8.05. The summed E-state index contributed by atoms with van der Waals surface area (Å²) < 4.78 is 0. The molecule has 25 heavy (non-hydrogen) atoms. The molecule has 5 nitrogen and oxygen atoms in total. The standard InChI is InChI=1S/C20H18N4O/c1-11-8-12(2)22-18(11)10-17-16-9-15(14-4-6-21-7-5-14)13(3)23-19(16)24-20(17)25/h4-10,22-23H,3H2,1-2H3,(H,24,25). The van der Waals surface area contributed by atoms with E-state index in [9.17, 15) is 4.79 Å². The Labute approximate surface area is 143 Å². The SMILES string of the molecule is C=c1[nH]c2[nH]c(=O)c(=Cc3[nH]c(C)cc3C)c=2cc1-c1ccncc1. The van der Waals surface area contributed by atoms with Gasteiger partial charge in [-0.1, -0.05) is 6.58 Å². The molecule has 0 spiro atoms. The smallest absolute Gasteiger partial charge is 0.257 e. The van der Waals surface area contributed by atoms with Gasteiger partial charge in [0, 0.05) is 39.9 Å². The van der Waals surface area contributed by atoms with Crippen LogP contribution in [0.3, 0.4) is 0 Å². The lowest BCUT2D eigenvalue weighted by Gasteiger charge is -2.02. The van der Waals surface area contributed by atoms with Gasteiger partial charge >= 0.3 is 0 Å². The highest BCUT2D eigenvalue weighted by molar-refractivity contribution is 5.63. The number of nitrogens with zero attached hydrogens (tertiary/aromatic N) is 1. The summed E-state index contributed by atoms with van der Waals surface area (Å²) in [5.41, 5.74) is 5.63. The van der Waals surface area contributed by atoms with Crippen molar-refractivity contribution in [1.29, 1.82) is 0 Å². The number of aromatic nitrogens is 4. The van der Waals surface area contributed by atoms with Crippen molar-refractivity contribution in [2.75, 3.05) is 0 Å². The lowest BCUT2D eigenvalue weighted by molar-refractivity contribution is 1.08. The quantitative estimate of drug-likeness (QED) is 0.523. The van der Waals surface area contributed by atoms with Crippen LogP contribution in [0.4, 0.5) is 0 Å². The van der Waals surface area contributed by atoms with E-state index < -0.39 is 0 Å². The zero-order valence-electron chi connectivity index (χ0n) is 14.1. The summed E-state index contributed by atoms with van der Waals surface area (Å²) in [6.07, 6.45) is 5.39. The van der Waals surface area contributed by atoms with Crippen LogP contribution in [0, 0.1) is 24.5 Å². The first-order chi connectivity index (χ1) is 12.0. The highest BCUT2D eigenvalue weighted by Crippen LogP contribution is 2.13. The summed E-state index contributed by atoms with van der Waals surface area (Å²) >= 11 is 0. The lowest BCUT2D eigenvalue weighted by Crippen LogP contribution is -2.22. The fourth-order valence-corrected chi connectivity index (χ4v) is 3.18. The highest BCUT2D eigenvalue weighted by atomic mass is 16.1. The maximum absolute atomic E-state index is 12.5. The van der Waals surface area contributed by atoms with Gasteiger partial charge in [0.1, 0.15) is 5.48 Å². The maximum Gasteiger partial charge on any atom is 0.257 e. The first kappa shape index (κ1) is 15.2. The Morgan fingerprint density at radius 2 is 1.84 bits per heavy atom. The molecule has 2 aliphatic heterocycles. The Balaban J connectivity index is 2.06. The van der Waals surface area contributed by atoms with Gasteiger partial charge in [-0.15, -0.1) is 0 Å². The van der Waals surface area contributed by atoms with Gasteiger partial charge in [-0.3, -0.25) is 9.78 Å². The number of H-pyrrole nitrogens is 3. The number of pyridine rings is 1. The number of aryl methyl sites for hydroxylation is 2. The van der Waals surface area contributed by atoms with Gasteiger partial charge < -0.3 is 15.0 Å². The van der Waals surface area contributed by atoms with E-state index in [0.29, 0.717) is 10.7 Å². The predicted molar refractivity (Wildman–Crippen MR) is 98.6 cm³/mol. The summed E-state index contributed by atoms with van der Waals surface area (Å²) in [5.74, 6) is 0. The molecule has 2 aliphatic rings. The van der Waals surface area contributed by atoms with E-state index in [4.69, 9.17) is 0 Å². The van der Waals surface area contributed by atoms with Gasteiger partial charge in [0.15, 0.2) is 0 Å². The van der Waals surface area contributed by atoms with E-state index in [1.54, 1.807) is 12.4 Å². The van der Waals surface area contributed by atoms with Crippen LogP contribution in [0.25, 0.3) is 23.8 Å². The van der Waals surface area contributed by atoms with Crippen LogP contribution < -0.4 is 16.1 Å². The van der Waals surface area contributed by atoms with Crippen LogP contribution in [0.5, 0.6) is 0 Å². The molecule has 5 heteroatoms. The van der Waals surface area contributed by atoms with Crippen LogP contribution in [0.2, 0.25) is 0 Å². The van der Waals surface area contributed by atoms with Crippen LogP contribution >= 0.6 is 0 Å². The van der Waals surface area contributed by atoms with Gasteiger partial charge in [-0.05, 0) is 55.3 Å². The summed E-state index contributed by atoms with van der Waals surface area (Å²) in [6.45, 7) is 8.10. The molecule has 124 valence electrons. The third-order valence-electron chi connectivity index (χ3n) is 4.40. The number of hydrogen-bond acceptors (Lipinski definition) is 2. The zero-order chi connectivity index (χ0) is 17.6. The van der Waals surface area contributed by atoms with Gasteiger partial charge in [-0.25, -0.2) is 0 Å². The van der Waals surface area contributed by atoms with E-state index in [1.807, 2.05) is 38.1 Å². The number of aromatic amines is 3. The van der Waals surface area contributed by atoms with Crippen molar-refractivity contribution in [2.24, 2.45) is 0 Å². The molecule has 0 bridgehead atoms. The molecule has 2 aromatic heterocycles. The van der Waals surface area contributed by atoms with Crippen LogP contribution in [-0.4, -0.2) is 19.9 Å². The largest absolute Gasteiger partial charge is 0.359 e. The maximum atomic E-state index is 12.5. The molecule has 0 saturated heterocycles. The monoisotopic (exact) mass is 330 g/mol. The highest BCUT2D eigenvalue weighted by Gasteiger charge is 2.06. The second-order valence-corrected chi connectivity index (χ2v) is 6.25. The Hall–Kier alpha value is -3.34. The molecule has 0 unspecified atom stereocenters. The van der Waals surface area contributed by atoms with E-state index in [-0.39, 0.29) is 5.56 Å². The fourth-order valence-electron chi connectivity index (χ4n) is 3.18. The minimum Gasteiger partial charge on any atom is -0.359 e. The van der Waals surface area contributed by atoms with Crippen LogP contribution in [0.1, 0.15) is 17.0 Å². The number of hydrogen-bond donors (Lipinski definition) is 3. The van der Waals surface area contributed by atoms with Crippen molar-refractivity contribution >= 4 is 12.7 Å². The molecule has 0 aliphatic carbocycles. The second kappa shape index (κ2) is 5.63. The molecule has 4 heterocycles. The zero-order valence-corrected chi connectivity index (χ0v) is 14.1. The Bertz CT molecular complexity index is 1290. The lowest BCUT2D eigenvalue weighted by atomic mass is 10.1. The van der Waals surface area contributed by atoms with E-state index in [1.165, 1.54) is 0 Å². The third kappa shape index (κ3) is 2.59. The van der Waals surface area contributed by atoms with Crippen molar-refractivity contribution in [1.82, 2.24) is 19.9 Å². The number of rotatable bonds is 2. The fraction of sp³-hybridized carbons (Fsp3) is 0.100. The molecule has 2 aromatic rings. The molecule has 0 saturated carbocycles. The molecule has 3 N–H and O–H groups in total. The van der Waals surface area contributed by atoms with Crippen molar-refractivity contribution in [3.05, 3.63) is 85.2 Å². The molecular formula is C20H18N4O. The topological polar surface area (TPSA) is 77.3 Å². The molecule has 0 aromatic carbocycles. The molecule has 0 amide bonds. The summed E-state index contributed by atoms with van der Waals surface area (Å²) in [6, 6.07) is 7.92. The summed E-state index contributed by atoms with van der Waals surface area (Å²) in [4.78, 5) is 25.9. The van der Waals surface area contributed by atoms with Gasteiger partial charge in [0.05, 0.1) is 5.22 Å². The van der Waals surface area contributed by atoms with Crippen molar-refractivity contribution in [3.8, 4) is 11.1 Å². The average Bonchev–Trinajstić information content (AvgIpc) is 3.06. The second-order valence-electron chi connectivity index (χ2n) is 6.25. The molecule has 0 fully saturated rings. The Kier molecular flexibility index (Phi) is 3.42. The van der Waals surface area contributed by atoms with Crippen molar-refractivity contribution in [3.63, 3.8) is 0 Å². The van der Waals surface area contributed by atoms with Crippen LogP contribution in [0.15, 0.2) is 41.5 Å². The van der Waals surface area contributed by atoms with E-state index >= 15 is 0 Å². The van der Waals surface area contributed by atoms with Gasteiger partial charge in [0.2, 0.25) is 0 Å². The first-order valence-electron chi connectivity index (χ1n) is 8.05. The average molecular weight is 330 g/mol. The normalized spacial score (nSPS) is 12.2. The van der Waals surface area contributed by atoms with Crippen LogP contribution in [-0.2, 0) is 0 Å². The van der Waals surface area contributed by atoms with Gasteiger partial charge in [0.25, 0.3) is 5.56 Å². The Morgan fingerprint density at radius 3 is 2.52 bits per heavy atom. The third-order valence-corrected chi connectivity index (χ3v) is 4.40. The minimum absolute atomic E-state index is 0.121. The summed E-state index contributed by atoms with van der Waals surface area (Å²) in [5, 5.41) is 2.22. The van der Waals surface area contributed by atoms with E-state index in [0.717, 1.165) is 38.6 Å². The number of nitrogens with one attached hydrogen (secondary N) is 3. The molecule has 4 rings (SSSR count). The predicted octanol–water partition coefficient (Wildman–Crippen LogP) is 1.67.